The molecule has 3 heterocycles. The maximum Gasteiger partial charge on any atom is 0.0781 e. The molecule has 0 amide bonds. The van der Waals surface area contributed by atoms with Crippen LogP contribution in [0.4, 0.5) is 0 Å². The van der Waals surface area contributed by atoms with Crippen molar-refractivity contribution in [2.24, 2.45) is 11.8 Å². The highest BCUT2D eigenvalue weighted by atomic mass is 16.3. The Kier molecular flexibility index (Phi) is 4.20. The lowest BCUT2D eigenvalue weighted by Gasteiger charge is -2.35. The monoisotopic (exact) mass is 318 g/mol. The van der Waals surface area contributed by atoms with Gasteiger partial charge in [-0.25, -0.2) is 0 Å². The lowest BCUT2D eigenvalue weighted by Crippen LogP contribution is -2.42. The second-order valence-corrected chi connectivity index (χ2v) is 8.11. The van der Waals surface area contributed by atoms with Crippen LogP contribution in [0, 0.1) is 18.8 Å². The first-order chi connectivity index (χ1) is 11.1. The summed E-state index contributed by atoms with van der Waals surface area (Å²) in [6.45, 7) is 6.95. The molecule has 1 N–H and O–H groups in total. The topological polar surface area (TPSA) is 44.5 Å². The molecule has 0 spiro atoms. The summed E-state index contributed by atoms with van der Waals surface area (Å²) in [5.74, 6) is 1.41. The van der Waals surface area contributed by atoms with Crippen molar-refractivity contribution in [3.8, 4) is 0 Å². The maximum atomic E-state index is 10.6. The lowest BCUT2D eigenvalue weighted by molar-refractivity contribution is 0.0306. The van der Waals surface area contributed by atoms with Crippen LogP contribution in [0.5, 0.6) is 0 Å². The van der Waals surface area contributed by atoms with Gasteiger partial charge in [0, 0.05) is 25.3 Å². The molecule has 5 nitrogen and oxygen atoms in total. The number of nitrogens with zero attached hydrogens (tertiary/aromatic N) is 4. The fourth-order valence-corrected chi connectivity index (χ4v) is 5.00. The molecule has 128 valence electrons. The molecule has 0 unspecified atom stereocenters. The van der Waals surface area contributed by atoms with Crippen molar-refractivity contribution in [1.29, 1.82) is 0 Å². The van der Waals surface area contributed by atoms with Crippen molar-refractivity contribution < 1.29 is 5.11 Å². The Morgan fingerprint density at radius 2 is 1.83 bits per heavy atom. The summed E-state index contributed by atoms with van der Waals surface area (Å²) < 4.78 is 2.01. The highest BCUT2D eigenvalue weighted by Gasteiger charge is 2.44. The van der Waals surface area contributed by atoms with Gasteiger partial charge in [0.2, 0.25) is 0 Å². The average molecular weight is 318 g/mol. The van der Waals surface area contributed by atoms with Gasteiger partial charge in [-0.2, -0.15) is 5.10 Å². The Balaban J connectivity index is 1.41. The zero-order chi connectivity index (χ0) is 16.0. The van der Waals surface area contributed by atoms with E-state index in [0.29, 0.717) is 5.92 Å². The van der Waals surface area contributed by atoms with Gasteiger partial charge in [0.05, 0.1) is 18.3 Å². The normalized spacial score (nSPS) is 37.2. The maximum absolute atomic E-state index is 10.6. The fraction of sp³-hybridized carbons (Fsp3) is 0.833. The lowest BCUT2D eigenvalue weighted by atomic mass is 9.77. The summed E-state index contributed by atoms with van der Waals surface area (Å²) in [6, 6.07) is 0.932. The third-order valence-corrected chi connectivity index (χ3v) is 6.41. The van der Waals surface area contributed by atoms with Gasteiger partial charge >= 0.3 is 0 Å². The molecular formula is C18H30N4O. The number of hydrogen-bond acceptors (Lipinski definition) is 4. The van der Waals surface area contributed by atoms with Crippen molar-refractivity contribution >= 4 is 0 Å². The van der Waals surface area contributed by atoms with Crippen LogP contribution in [0.3, 0.4) is 0 Å². The summed E-state index contributed by atoms with van der Waals surface area (Å²) in [6.07, 6.45) is 8.37. The van der Waals surface area contributed by atoms with Crippen molar-refractivity contribution in [3.05, 3.63) is 18.0 Å². The quantitative estimate of drug-likeness (QED) is 0.898. The van der Waals surface area contributed by atoms with Crippen LogP contribution < -0.4 is 0 Å². The molecule has 4 rings (SSSR count). The van der Waals surface area contributed by atoms with E-state index in [1.165, 1.54) is 44.6 Å². The minimum Gasteiger partial charge on any atom is -0.391 e. The second-order valence-electron chi connectivity index (χ2n) is 8.11. The van der Waals surface area contributed by atoms with Crippen molar-refractivity contribution in [2.45, 2.75) is 50.8 Å². The number of piperidine rings is 1. The van der Waals surface area contributed by atoms with Crippen LogP contribution in [0.2, 0.25) is 0 Å². The van der Waals surface area contributed by atoms with E-state index >= 15 is 0 Å². The smallest absolute Gasteiger partial charge is 0.0781 e. The van der Waals surface area contributed by atoms with E-state index in [1.54, 1.807) is 0 Å². The van der Waals surface area contributed by atoms with E-state index in [-0.39, 0.29) is 12.1 Å². The third-order valence-electron chi connectivity index (χ3n) is 6.41. The Bertz CT molecular complexity index is 537. The standard InChI is InChI=1S/C18H30N4O/c1-13-9-19-22(10-13)17-7-14-11-21(12-15(14)8-18(17)23)16-3-5-20(2)6-4-16/h9-10,14-18,23H,3-8,11-12H2,1-2H3/t14-,15+,17-,18-/m0/s1. The van der Waals surface area contributed by atoms with Crippen molar-refractivity contribution in [1.82, 2.24) is 19.6 Å². The number of likely N-dealkylation sites (tertiary alicyclic amines) is 2. The van der Waals surface area contributed by atoms with E-state index in [9.17, 15) is 5.11 Å². The van der Waals surface area contributed by atoms with Crippen molar-refractivity contribution in [2.75, 3.05) is 33.2 Å². The van der Waals surface area contributed by atoms with E-state index in [1.807, 2.05) is 10.9 Å². The fourth-order valence-electron chi connectivity index (χ4n) is 5.00. The summed E-state index contributed by atoms with van der Waals surface area (Å²) >= 11 is 0. The first kappa shape index (κ1) is 15.6. The minimum atomic E-state index is -0.243. The number of hydrogen-bond donors (Lipinski definition) is 1. The van der Waals surface area contributed by atoms with Gasteiger partial charge in [0.15, 0.2) is 0 Å². The molecule has 5 heteroatoms. The summed E-state index contributed by atoms with van der Waals surface area (Å²) in [5.41, 5.74) is 1.18. The first-order valence-corrected chi connectivity index (χ1v) is 9.21. The summed E-state index contributed by atoms with van der Waals surface area (Å²) in [4.78, 5) is 5.17. The molecule has 0 radical (unpaired) electrons. The molecule has 1 aromatic heterocycles. The minimum absolute atomic E-state index is 0.169. The Morgan fingerprint density at radius 3 is 2.48 bits per heavy atom. The van der Waals surface area contributed by atoms with E-state index < -0.39 is 0 Å². The summed E-state index contributed by atoms with van der Waals surface area (Å²) in [5, 5.41) is 15.1. The molecule has 2 aliphatic heterocycles. The van der Waals surface area contributed by atoms with Crippen LogP contribution in [0.15, 0.2) is 12.4 Å². The predicted molar refractivity (Wildman–Crippen MR) is 90.3 cm³/mol. The molecule has 2 saturated heterocycles. The molecular weight excluding hydrogens is 288 g/mol. The SMILES string of the molecule is Cc1cnn([C@H]2C[C@H]3CN(C4CCN(C)CC4)C[C@H]3C[C@@H]2O)c1. The molecule has 3 aliphatic rings. The third kappa shape index (κ3) is 3.06. The Morgan fingerprint density at radius 1 is 1.13 bits per heavy atom. The largest absolute Gasteiger partial charge is 0.391 e. The van der Waals surface area contributed by atoms with Gasteiger partial charge in [-0.1, -0.05) is 0 Å². The van der Waals surface area contributed by atoms with Crippen LogP contribution in [-0.2, 0) is 0 Å². The molecule has 1 saturated carbocycles. The number of aliphatic hydroxyl groups excluding tert-OH is 1. The van der Waals surface area contributed by atoms with Gasteiger partial charge < -0.3 is 10.0 Å². The number of rotatable bonds is 2. The Labute approximate surface area is 139 Å². The zero-order valence-corrected chi connectivity index (χ0v) is 14.4. The van der Waals surface area contributed by atoms with E-state index in [2.05, 4.69) is 35.1 Å². The van der Waals surface area contributed by atoms with Crippen LogP contribution in [-0.4, -0.2) is 70.1 Å². The van der Waals surface area contributed by atoms with Crippen molar-refractivity contribution in [3.63, 3.8) is 0 Å². The van der Waals surface area contributed by atoms with Gasteiger partial charge in [-0.15, -0.1) is 0 Å². The number of aliphatic hydroxyl groups is 1. The molecule has 0 aromatic carbocycles. The average Bonchev–Trinajstić information content (AvgIpc) is 3.13. The first-order valence-electron chi connectivity index (χ1n) is 9.21. The predicted octanol–water partition coefficient (Wildman–Crippen LogP) is 1.53. The van der Waals surface area contributed by atoms with E-state index in [0.717, 1.165) is 24.8 Å². The summed E-state index contributed by atoms with van der Waals surface area (Å²) in [7, 11) is 2.23. The van der Waals surface area contributed by atoms with Gasteiger partial charge in [-0.05, 0) is 70.1 Å². The molecule has 4 atom stereocenters. The van der Waals surface area contributed by atoms with Crippen LogP contribution in [0.25, 0.3) is 0 Å². The number of aryl methyl sites for hydroxylation is 1. The highest BCUT2D eigenvalue weighted by Crippen LogP contribution is 2.42. The highest BCUT2D eigenvalue weighted by molar-refractivity contribution is 5.03. The molecule has 23 heavy (non-hydrogen) atoms. The molecule has 1 aromatic rings. The zero-order valence-electron chi connectivity index (χ0n) is 14.4. The van der Waals surface area contributed by atoms with Gasteiger partial charge in [-0.3, -0.25) is 9.58 Å². The van der Waals surface area contributed by atoms with Crippen LogP contribution >= 0.6 is 0 Å². The van der Waals surface area contributed by atoms with Gasteiger partial charge in [0.1, 0.15) is 0 Å². The number of aromatic nitrogens is 2. The molecule has 0 bridgehead atoms. The number of fused-ring (bicyclic) bond motifs is 1. The molecule has 3 fully saturated rings. The van der Waals surface area contributed by atoms with Gasteiger partial charge in [0.25, 0.3) is 0 Å². The Hall–Kier alpha value is -0.910. The van der Waals surface area contributed by atoms with Crippen LogP contribution in [0.1, 0.15) is 37.3 Å². The van der Waals surface area contributed by atoms with E-state index in [4.69, 9.17) is 0 Å². The second kappa shape index (κ2) is 6.19. The molecule has 1 aliphatic carbocycles.